The van der Waals surface area contributed by atoms with Crippen LogP contribution >= 0.6 is 0 Å². The highest BCUT2D eigenvalue weighted by Gasteiger charge is 2.35. The van der Waals surface area contributed by atoms with Crippen molar-refractivity contribution in [1.82, 2.24) is 9.97 Å². The maximum atomic E-state index is 5.73. The zero-order valence-corrected chi connectivity index (χ0v) is 8.23. The number of nitrogen functional groups attached to an aromatic ring is 1. The van der Waals surface area contributed by atoms with Crippen LogP contribution in [0.5, 0.6) is 0 Å². The largest absolute Gasteiger partial charge is 0.396 e. The third-order valence-corrected chi connectivity index (χ3v) is 2.09. The normalized spacial score (nSPS) is 25.1. The molecule has 1 saturated heterocycles. The number of nitrogens with zero attached hydrogens (tertiary/aromatic N) is 2. The van der Waals surface area contributed by atoms with E-state index in [1.165, 1.54) is 6.33 Å². The molecule has 0 aromatic carbocycles. The topological polar surface area (TPSA) is 70.3 Å². The van der Waals surface area contributed by atoms with Crippen LogP contribution in [-0.2, 0) is 9.47 Å². The Morgan fingerprint density at radius 2 is 2.36 bits per heavy atom. The van der Waals surface area contributed by atoms with Gasteiger partial charge in [0.1, 0.15) is 12.4 Å². The van der Waals surface area contributed by atoms with Crippen LogP contribution in [0.25, 0.3) is 0 Å². The standard InChI is InChI=1S/C9H13N3O2/c1-9(2)13-4-7(14-9)8-6(10)3-11-5-12-8/h3,5,7H,4,10H2,1-2H3/t7-/m0/s1. The summed E-state index contributed by atoms with van der Waals surface area (Å²) < 4.78 is 11.0. The summed E-state index contributed by atoms with van der Waals surface area (Å²) >= 11 is 0. The molecule has 0 unspecified atom stereocenters. The highest BCUT2D eigenvalue weighted by Crippen LogP contribution is 2.33. The van der Waals surface area contributed by atoms with E-state index in [4.69, 9.17) is 15.2 Å². The Balaban J connectivity index is 2.22. The zero-order valence-electron chi connectivity index (χ0n) is 8.23. The van der Waals surface area contributed by atoms with Crippen LogP contribution in [0.3, 0.4) is 0 Å². The van der Waals surface area contributed by atoms with E-state index in [2.05, 4.69) is 9.97 Å². The molecule has 2 rings (SSSR count). The SMILES string of the molecule is CC1(C)OC[C@@H](c2ncncc2N)O1. The Labute approximate surface area is 82.3 Å². The molecule has 0 radical (unpaired) electrons. The summed E-state index contributed by atoms with van der Waals surface area (Å²) in [4.78, 5) is 7.90. The van der Waals surface area contributed by atoms with E-state index in [1.807, 2.05) is 13.8 Å². The number of nitrogens with two attached hydrogens (primary N) is 1. The molecule has 1 aromatic rings. The molecule has 2 heterocycles. The third-order valence-electron chi connectivity index (χ3n) is 2.09. The zero-order chi connectivity index (χ0) is 10.2. The number of aromatic nitrogens is 2. The van der Waals surface area contributed by atoms with Crippen LogP contribution in [0, 0.1) is 0 Å². The molecule has 0 spiro atoms. The van der Waals surface area contributed by atoms with Crippen molar-refractivity contribution in [1.29, 1.82) is 0 Å². The maximum Gasteiger partial charge on any atom is 0.163 e. The first-order chi connectivity index (χ1) is 6.58. The average molecular weight is 195 g/mol. The quantitative estimate of drug-likeness (QED) is 0.720. The van der Waals surface area contributed by atoms with E-state index in [-0.39, 0.29) is 6.10 Å². The number of hydrogen-bond donors (Lipinski definition) is 1. The van der Waals surface area contributed by atoms with E-state index in [1.54, 1.807) is 6.20 Å². The van der Waals surface area contributed by atoms with Gasteiger partial charge in [-0.25, -0.2) is 9.97 Å². The minimum absolute atomic E-state index is 0.187. The van der Waals surface area contributed by atoms with E-state index in [9.17, 15) is 0 Å². The van der Waals surface area contributed by atoms with Crippen molar-refractivity contribution in [3.8, 4) is 0 Å². The van der Waals surface area contributed by atoms with Gasteiger partial charge in [-0.2, -0.15) is 0 Å². The van der Waals surface area contributed by atoms with Gasteiger partial charge in [0.25, 0.3) is 0 Å². The Morgan fingerprint density at radius 1 is 1.57 bits per heavy atom. The van der Waals surface area contributed by atoms with Crippen LogP contribution in [0.4, 0.5) is 5.69 Å². The van der Waals surface area contributed by atoms with Gasteiger partial charge in [-0.3, -0.25) is 0 Å². The van der Waals surface area contributed by atoms with Crippen molar-refractivity contribution in [3.63, 3.8) is 0 Å². The Hall–Kier alpha value is -1.20. The lowest BCUT2D eigenvalue weighted by Gasteiger charge is -2.17. The second-order valence-electron chi connectivity index (χ2n) is 3.68. The van der Waals surface area contributed by atoms with Gasteiger partial charge in [-0.05, 0) is 13.8 Å². The average Bonchev–Trinajstić information content (AvgIpc) is 2.47. The molecule has 1 fully saturated rings. The lowest BCUT2D eigenvalue weighted by Crippen LogP contribution is -2.20. The van der Waals surface area contributed by atoms with Gasteiger partial charge in [0.2, 0.25) is 0 Å². The van der Waals surface area contributed by atoms with Crippen LogP contribution < -0.4 is 5.73 Å². The molecular weight excluding hydrogens is 182 g/mol. The highest BCUT2D eigenvalue weighted by atomic mass is 16.7. The van der Waals surface area contributed by atoms with Crippen molar-refractivity contribution in [2.45, 2.75) is 25.7 Å². The minimum Gasteiger partial charge on any atom is -0.396 e. The first-order valence-corrected chi connectivity index (χ1v) is 4.46. The fourth-order valence-electron chi connectivity index (χ4n) is 1.44. The van der Waals surface area contributed by atoms with Crippen LogP contribution in [-0.4, -0.2) is 22.4 Å². The van der Waals surface area contributed by atoms with E-state index in [0.29, 0.717) is 18.0 Å². The second-order valence-corrected chi connectivity index (χ2v) is 3.68. The molecule has 2 N–H and O–H groups in total. The number of hydrogen-bond acceptors (Lipinski definition) is 5. The van der Waals surface area contributed by atoms with Gasteiger partial charge >= 0.3 is 0 Å². The molecule has 1 aliphatic rings. The Bertz CT molecular complexity index is 341. The molecule has 14 heavy (non-hydrogen) atoms. The molecule has 0 bridgehead atoms. The lowest BCUT2D eigenvalue weighted by atomic mass is 10.2. The van der Waals surface area contributed by atoms with Crippen LogP contribution in [0.15, 0.2) is 12.5 Å². The summed E-state index contributed by atoms with van der Waals surface area (Å²) in [6.07, 6.45) is 2.84. The van der Waals surface area contributed by atoms with Crippen LogP contribution in [0.1, 0.15) is 25.6 Å². The molecule has 1 aromatic heterocycles. The molecule has 76 valence electrons. The van der Waals surface area contributed by atoms with Crippen LogP contribution in [0.2, 0.25) is 0 Å². The molecule has 0 saturated carbocycles. The second kappa shape index (κ2) is 3.18. The van der Waals surface area contributed by atoms with Crippen molar-refractivity contribution >= 4 is 5.69 Å². The Morgan fingerprint density at radius 3 is 2.93 bits per heavy atom. The molecule has 5 heteroatoms. The van der Waals surface area contributed by atoms with Gasteiger partial charge in [-0.15, -0.1) is 0 Å². The highest BCUT2D eigenvalue weighted by molar-refractivity contribution is 5.41. The third kappa shape index (κ3) is 1.69. The molecule has 1 atom stereocenters. The number of anilines is 1. The van der Waals surface area contributed by atoms with Crippen molar-refractivity contribution in [3.05, 3.63) is 18.2 Å². The number of rotatable bonds is 1. The van der Waals surface area contributed by atoms with Gasteiger partial charge < -0.3 is 15.2 Å². The predicted molar refractivity (Wildman–Crippen MR) is 50.3 cm³/mol. The van der Waals surface area contributed by atoms with E-state index >= 15 is 0 Å². The Kier molecular flexibility index (Phi) is 2.13. The first-order valence-electron chi connectivity index (χ1n) is 4.46. The van der Waals surface area contributed by atoms with E-state index in [0.717, 1.165) is 0 Å². The van der Waals surface area contributed by atoms with Gasteiger partial charge in [-0.1, -0.05) is 0 Å². The van der Waals surface area contributed by atoms with Crippen molar-refractivity contribution in [2.24, 2.45) is 0 Å². The summed E-state index contributed by atoms with van der Waals surface area (Å²) in [5.41, 5.74) is 6.97. The van der Waals surface area contributed by atoms with Crippen molar-refractivity contribution < 1.29 is 9.47 Å². The van der Waals surface area contributed by atoms with Gasteiger partial charge in [0.05, 0.1) is 24.2 Å². The lowest BCUT2D eigenvalue weighted by molar-refractivity contribution is -0.139. The molecule has 0 amide bonds. The summed E-state index contributed by atoms with van der Waals surface area (Å²) in [7, 11) is 0. The number of ether oxygens (including phenoxy) is 2. The molecular formula is C9H13N3O2. The van der Waals surface area contributed by atoms with Gasteiger partial charge in [0.15, 0.2) is 5.79 Å². The molecule has 0 aliphatic carbocycles. The summed E-state index contributed by atoms with van der Waals surface area (Å²) in [6, 6.07) is 0. The summed E-state index contributed by atoms with van der Waals surface area (Å²) in [5, 5.41) is 0. The summed E-state index contributed by atoms with van der Waals surface area (Å²) in [6.45, 7) is 4.21. The smallest absolute Gasteiger partial charge is 0.163 e. The summed E-state index contributed by atoms with van der Waals surface area (Å²) in [5.74, 6) is -0.554. The maximum absolute atomic E-state index is 5.73. The fraction of sp³-hybridized carbons (Fsp3) is 0.556. The van der Waals surface area contributed by atoms with E-state index < -0.39 is 5.79 Å². The fourth-order valence-corrected chi connectivity index (χ4v) is 1.44. The van der Waals surface area contributed by atoms with Crippen molar-refractivity contribution in [2.75, 3.05) is 12.3 Å². The monoisotopic (exact) mass is 195 g/mol. The predicted octanol–water partition coefficient (Wildman–Crippen LogP) is 0.883. The molecule has 5 nitrogen and oxygen atoms in total. The van der Waals surface area contributed by atoms with Gasteiger partial charge in [0, 0.05) is 0 Å². The molecule has 1 aliphatic heterocycles. The minimum atomic E-state index is -0.554. The first kappa shape index (κ1) is 9.36.